The third-order valence-electron chi connectivity index (χ3n) is 5.02. The summed E-state index contributed by atoms with van der Waals surface area (Å²) in [5.41, 5.74) is 10.2. The van der Waals surface area contributed by atoms with Crippen molar-refractivity contribution in [1.82, 2.24) is 0 Å². The van der Waals surface area contributed by atoms with Crippen LogP contribution in [0.5, 0.6) is 0 Å². The van der Waals surface area contributed by atoms with Crippen molar-refractivity contribution in [3.8, 4) is 0 Å². The zero-order chi connectivity index (χ0) is 17.6. The summed E-state index contributed by atoms with van der Waals surface area (Å²) < 4.78 is 0. The Kier molecular flexibility index (Phi) is 3.82. The standard InChI is InChI=1S/C24H22O/c1-15-4-9-18(10-5-15)22-21-14-17(3)8-13-20(21)24(25)23(22)19-11-6-16(2)7-12-19/h4-14,24-25H,1-3H3. The van der Waals surface area contributed by atoms with Gasteiger partial charge in [0.1, 0.15) is 6.10 Å². The molecule has 0 heterocycles. The third-order valence-corrected chi connectivity index (χ3v) is 5.02. The Hall–Kier alpha value is -2.64. The van der Waals surface area contributed by atoms with Crippen molar-refractivity contribution in [3.05, 3.63) is 106 Å². The maximum absolute atomic E-state index is 11.1. The number of benzene rings is 3. The summed E-state index contributed by atoms with van der Waals surface area (Å²) in [5, 5.41) is 11.1. The van der Waals surface area contributed by atoms with Crippen LogP contribution in [-0.4, -0.2) is 5.11 Å². The zero-order valence-electron chi connectivity index (χ0n) is 14.9. The van der Waals surface area contributed by atoms with Crippen LogP contribution in [0.2, 0.25) is 0 Å². The molecule has 0 radical (unpaired) electrons. The van der Waals surface area contributed by atoms with Gasteiger partial charge in [0.2, 0.25) is 0 Å². The second kappa shape index (κ2) is 6.02. The zero-order valence-corrected chi connectivity index (χ0v) is 14.9. The molecule has 0 fully saturated rings. The van der Waals surface area contributed by atoms with Gasteiger partial charge in [0, 0.05) is 5.57 Å². The van der Waals surface area contributed by atoms with Crippen LogP contribution in [0, 0.1) is 20.8 Å². The average Bonchev–Trinajstić information content (AvgIpc) is 2.88. The Morgan fingerprint density at radius 1 is 0.640 bits per heavy atom. The Bertz CT molecular complexity index is 960. The summed E-state index contributed by atoms with van der Waals surface area (Å²) in [7, 11) is 0. The number of aryl methyl sites for hydroxylation is 3. The van der Waals surface area contributed by atoms with E-state index in [2.05, 4.69) is 87.5 Å². The molecule has 0 spiro atoms. The van der Waals surface area contributed by atoms with Crippen molar-refractivity contribution in [2.24, 2.45) is 0 Å². The van der Waals surface area contributed by atoms with Gasteiger partial charge >= 0.3 is 0 Å². The molecule has 0 bridgehead atoms. The predicted octanol–water partition coefficient (Wildman–Crippen LogP) is 5.62. The van der Waals surface area contributed by atoms with Crippen molar-refractivity contribution in [3.63, 3.8) is 0 Å². The highest BCUT2D eigenvalue weighted by Crippen LogP contribution is 2.48. The largest absolute Gasteiger partial charge is 0.384 e. The van der Waals surface area contributed by atoms with Gasteiger partial charge in [0.15, 0.2) is 0 Å². The quantitative estimate of drug-likeness (QED) is 0.648. The highest BCUT2D eigenvalue weighted by Gasteiger charge is 2.31. The molecular formula is C24H22O. The van der Waals surface area contributed by atoms with E-state index in [1.165, 1.54) is 16.7 Å². The fourth-order valence-electron chi connectivity index (χ4n) is 3.63. The van der Waals surface area contributed by atoms with Gasteiger partial charge in [-0.2, -0.15) is 0 Å². The SMILES string of the molecule is Cc1ccc(C2=C(c3ccc(C)cc3)C(O)c3ccc(C)cc32)cc1. The van der Waals surface area contributed by atoms with Crippen molar-refractivity contribution in [2.45, 2.75) is 26.9 Å². The first-order chi connectivity index (χ1) is 12.0. The lowest BCUT2D eigenvalue weighted by atomic mass is 9.93. The van der Waals surface area contributed by atoms with Gasteiger partial charge in [-0.3, -0.25) is 0 Å². The lowest BCUT2D eigenvalue weighted by Gasteiger charge is -2.13. The summed E-state index contributed by atoms with van der Waals surface area (Å²) in [6.45, 7) is 6.28. The molecule has 3 aromatic rings. The van der Waals surface area contributed by atoms with E-state index in [1.807, 2.05) is 0 Å². The maximum Gasteiger partial charge on any atom is 0.106 e. The van der Waals surface area contributed by atoms with Crippen LogP contribution in [0.1, 0.15) is 45.0 Å². The maximum atomic E-state index is 11.1. The van der Waals surface area contributed by atoms with Gasteiger partial charge < -0.3 is 5.11 Å². The lowest BCUT2D eigenvalue weighted by Crippen LogP contribution is -1.97. The van der Waals surface area contributed by atoms with E-state index >= 15 is 0 Å². The van der Waals surface area contributed by atoms with Crippen LogP contribution in [0.4, 0.5) is 0 Å². The molecule has 1 N–H and O–H groups in total. The van der Waals surface area contributed by atoms with Crippen LogP contribution in [0.15, 0.2) is 66.7 Å². The van der Waals surface area contributed by atoms with E-state index in [4.69, 9.17) is 0 Å². The number of aliphatic hydroxyl groups is 1. The first-order valence-corrected chi connectivity index (χ1v) is 8.72. The molecule has 1 aliphatic carbocycles. The summed E-state index contributed by atoms with van der Waals surface area (Å²) in [6, 6.07) is 23.3. The van der Waals surface area contributed by atoms with Crippen LogP contribution in [0.25, 0.3) is 11.1 Å². The number of hydrogen-bond acceptors (Lipinski definition) is 1. The molecule has 3 aromatic carbocycles. The average molecular weight is 326 g/mol. The fourth-order valence-corrected chi connectivity index (χ4v) is 3.63. The summed E-state index contributed by atoms with van der Waals surface area (Å²) in [5.74, 6) is 0. The Morgan fingerprint density at radius 2 is 1.16 bits per heavy atom. The molecule has 25 heavy (non-hydrogen) atoms. The van der Waals surface area contributed by atoms with Crippen LogP contribution in [-0.2, 0) is 0 Å². The third kappa shape index (κ3) is 2.71. The minimum Gasteiger partial charge on any atom is -0.384 e. The van der Waals surface area contributed by atoms with E-state index in [1.54, 1.807) is 0 Å². The molecule has 124 valence electrons. The van der Waals surface area contributed by atoms with Crippen molar-refractivity contribution < 1.29 is 5.11 Å². The Labute approximate surface area is 149 Å². The molecule has 4 rings (SSSR count). The van der Waals surface area contributed by atoms with Crippen molar-refractivity contribution in [2.75, 3.05) is 0 Å². The molecule has 1 atom stereocenters. The van der Waals surface area contributed by atoms with Gasteiger partial charge in [-0.25, -0.2) is 0 Å². The van der Waals surface area contributed by atoms with Gasteiger partial charge in [-0.1, -0.05) is 83.4 Å². The minimum absolute atomic E-state index is 0.588. The number of hydrogen-bond donors (Lipinski definition) is 1. The lowest BCUT2D eigenvalue weighted by molar-refractivity contribution is 0.241. The van der Waals surface area contributed by atoms with Crippen LogP contribution >= 0.6 is 0 Å². The van der Waals surface area contributed by atoms with E-state index in [-0.39, 0.29) is 0 Å². The Morgan fingerprint density at radius 3 is 1.76 bits per heavy atom. The van der Waals surface area contributed by atoms with Crippen LogP contribution in [0.3, 0.4) is 0 Å². The number of aliphatic hydroxyl groups excluding tert-OH is 1. The molecule has 0 saturated carbocycles. The van der Waals surface area contributed by atoms with E-state index in [0.717, 1.165) is 33.4 Å². The van der Waals surface area contributed by atoms with Crippen molar-refractivity contribution in [1.29, 1.82) is 0 Å². The molecule has 1 unspecified atom stereocenters. The summed E-state index contributed by atoms with van der Waals surface area (Å²) >= 11 is 0. The van der Waals surface area contributed by atoms with E-state index in [0.29, 0.717) is 0 Å². The highest BCUT2D eigenvalue weighted by atomic mass is 16.3. The first-order valence-electron chi connectivity index (χ1n) is 8.72. The Balaban J connectivity index is 2.00. The minimum atomic E-state index is -0.588. The summed E-state index contributed by atoms with van der Waals surface area (Å²) in [4.78, 5) is 0. The molecule has 1 aliphatic rings. The normalized spacial score (nSPS) is 16.2. The molecule has 0 amide bonds. The molecular weight excluding hydrogens is 304 g/mol. The summed E-state index contributed by atoms with van der Waals surface area (Å²) in [6.07, 6.45) is -0.588. The smallest absolute Gasteiger partial charge is 0.106 e. The van der Waals surface area contributed by atoms with Gasteiger partial charge in [-0.05, 0) is 48.6 Å². The molecule has 0 saturated heterocycles. The second-order valence-corrected chi connectivity index (χ2v) is 7.01. The van der Waals surface area contributed by atoms with Gasteiger partial charge in [-0.15, -0.1) is 0 Å². The van der Waals surface area contributed by atoms with Gasteiger partial charge in [0.05, 0.1) is 0 Å². The van der Waals surface area contributed by atoms with E-state index in [9.17, 15) is 5.11 Å². The molecule has 1 nitrogen and oxygen atoms in total. The topological polar surface area (TPSA) is 20.2 Å². The molecule has 0 aromatic heterocycles. The monoisotopic (exact) mass is 326 g/mol. The van der Waals surface area contributed by atoms with Crippen molar-refractivity contribution >= 4 is 11.1 Å². The number of fused-ring (bicyclic) bond motifs is 1. The second-order valence-electron chi connectivity index (χ2n) is 7.01. The molecule has 0 aliphatic heterocycles. The van der Waals surface area contributed by atoms with E-state index < -0.39 is 6.10 Å². The van der Waals surface area contributed by atoms with Crippen LogP contribution < -0.4 is 0 Å². The predicted molar refractivity (Wildman–Crippen MR) is 104 cm³/mol. The fraction of sp³-hybridized carbons (Fsp3) is 0.167. The van der Waals surface area contributed by atoms with Gasteiger partial charge in [0.25, 0.3) is 0 Å². The first kappa shape index (κ1) is 15.9. The molecule has 1 heteroatoms. The number of rotatable bonds is 2. The highest BCUT2D eigenvalue weighted by molar-refractivity contribution is 6.05.